The van der Waals surface area contributed by atoms with Gasteiger partial charge in [0, 0.05) is 10.4 Å². The topological polar surface area (TPSA) is 68.7 Å². The number of benzene rings is 2. The number of thiazole rings is 1. The van der Waals surface area contributed by atoms with E-state index in [-0.39, 0.29) is 12.5 Å². The van der Waals surface area contributed by atoms with Crippen LogP contribution in [0, 0.1) is 13.8 Å². The lowest BCUT2D eigenvalue weighted by Gasteiger charge is -2.36. The Morgan fingerprint density at radius 3 is 2.65 bits per heavy atom. The number of nitrogens with zero attached hydrogens (tertiary/aromatic N) is 2. The molecule has 7 heteroatoms. The molecule has 0 spiro atoms. The number of anilines is 1. The molecule has 0 saturated heterocycles. The largest absolute Gasteiger partial charge is 0.479 e. The van der Waals surface area contributed by atoms with E-state index in [1.54, 1.807) is 25.2 Å². The molecule has 0 N–H and O–H groups in total. The molecule has 0 radical (unpaired) electrons. The molecule has 31 heavy (non-hydrogen) atoms. The molecule has 1 aliphatic rings. The van der Waals surface area contributed by atoms with Crippen LogP contribution in [0.5, 0.6) is 5.75 Å². The Balaban J connectivity index is 1.64. The fraction of sp³-hybridized carbons (Fsp3) is 0.292. The van der Waals surface area contributed by atoms with Gasteiger partial charge in [0.25, 0.3) is 5.91 Å². The molecule has 2 heterocycles. The molecule has 1 aliphatic heterocycles. The predicted molar refractivity (Wildman–Crippen MR) is 120 cm³/mol. The van der Waals surface area contributed by atoms with Gasteiger partial charge in [-0.25, -0.2) is 9.78 Å². The number of esters is 1. The normalized spacial score (nSPS) is 16.5. The molecule has 4 rings (SSSR count). The summed E-state index contributed by atoms with van der Waals surface area (Å²) in [6.07, 6.45) is -0.689. The van der Waals surface area contributed by atoms with Gasteiger partial charge in [-0.3, -0.25) is 9.69 Å². The first-order valence-corrected chi connectivity index (χ1v) is 11.0. The molecule has 0 fully saturated rings. The second kappa shape index (κ2) is 8.51. The molecule has 0 aliphatic carbocycles. The number of carbonyl (C=O) groups excluding carboxylic acids is 2. The molecule has 160 valence electrons. The lowest BCUT2D eigenvalue weighted by atomic mass is 10.1. The van der Waals surface area contributed by atoms with Gasteiger partial charge in [0.2, 0.25) is 0 Å². The van der Waals surface area contributed by atoms with Gasteiger partial charge < -0.3 is 9.47 Å². The number of hydrogen-bond acceptors (Lipinski definition) is 6. The maximum atomic E-state index is 13.0. The maximum Gasteiger partial charge on any atom is 0.329 e. The third kappa shape index (κ3) is 4.18. The molecule has 3 aromatic rings. The van der Waals surface area contributed by atoms with Crippen molar-refractivity contribution in [3.05, 3.63) is 64.0 Å². The molecular formula is C24H24N2O4S. The Bertz CT molecular complexity index is 1130. The fourth-order valence-electron chi connectivity index (χ4n) is 3.66. The van der Waals surface area contributed by atoms with Gasteiger partial charge in [0.05, 0.1) is 16.4 Å². The molecule has 0 bridgehead atoms. The van der Waals surface area contributed by atoms with Crippen LogP contribution in [0.3, 0.4) is 0 Å². The van der Waals surface area contributed by atoms with Crippen LogP contribution in [0.15, 0.2) is 48.5 Å². The van der Waals surface area contributed by atoms with E-state index in [1.165, 1.54) is 4.90 Å². The van der Waals surface area contributed by atoms with Crippen molar-refractivity contribution in [1.29, 1.82) is 0 Å². The number of aryl methyl sites for hydroxylation is 2. The first-order valence-electron chi connectivity index (χ1n) is 10.1. The Kier molecular flexibility index (Phi) is 5.78. The van der Waals surface area contributed by atoms with Gasteiger partial charge in [-0.1, -0.05) is 30.3 Å². The van der Waals surface area contributed by atoms with E-state index >= 15 is 0 Å². The summed E-state index contributed by atoms with van der Waals surface area (Å²) in [7, 11) is 0. The van der Waals surface area contributed by atoms with Crippen molar-refractivity contribution in [2.45, 2.75) is 46.4 Å². The quantitative estimate of drug-likeness (QED) is 0.544. The minimum absolute atomic E-state index is 0.155. The Morgan fingerprint density at radius 1 is 1.23 bits per heavy atom. The molecular weight excluding hydrogens is 412 g/mol. The number of ether oxygens (including phenoxy) is 2. The summed E-state index contributed by atoms with van der Waals surface area (Å²) in [4.78, 5) is 33.0. The molecule has 6 nitrogen and oxygen atoms in total. The van der Waals surface area contributed by atoms with Crippen LogP contribution in [0.25, 0.3) is 11.3 Å². The summed E-state index contributed by atoms with van der Waals surface area (Å²) in [5, 5.41) is 0.973. The van der Waals surface area contributed by atoms with E-state index < -0.39 is 18.1 Å². The van der Waals surface area contributed by atoms with Gasteiger partial charge in [-0.15, -0.1) is 11.3 Å². The Hall–Kier alpha value is -3.19. The summed E-state index contributed by atoms with van der Waals surface area (Å²) in [5.41, 5.74) is 3.19. The summed E-state index contributed by atoms with van der Waals surface area (Å²) < 4.78 is 11.3. The fourth-order valence-corrected chi connectivity index (χ4v) is 4.50. The Morgan fingerprint density at radius 2 is 1.97 bits per heavy atom. The van der Waals surface area contributed by atoms with Crippen LogP contribution in [-0.2, 0) is 20.9 Å². The lowest BCUT2D eigenvalue weighted by Crippen LogP contribution is -2.51. The third-order valence-corrected chi connectivity index (χ3v) is 6.12. The summed E-state index contributed by atoms with van der Waals surface area (Å²) >= 11 is 1.62. The SMILES string of the molecule is Cc1nc(-c2ccc3c(c2)N(C(C)C(=O)OCc2ccccc2)C(=O)C(C)O3)c(C)s1. The minimum Gasteiger partial charge on any atom is -0.479 e. The van der Waals surface area contributed by atoms with Crippen LogP contribution < -0.4 is 9.64 Å². The summed E-state index contributed by atoms with van der Waals surface area (Å²) in [5.74, 6) is -0.188. The van der Waals surface area contributed by atoms with E-state index in [2.05, 4.69) is 4.98 Å². The minimum atomic E-state index is -0.796. The Labute approximate surface area is 185 Å². The highest BCUT2D eigenvalue weighted by atomic mass is 32.1. The molecule has 2 atom stereocenters. The summed E-state index contributed by atoms with van der Waals surface area (Å²) in [6.45, 7) is 7.50. The zero-order valence-electron chi connectivity index (χ0n) is 17.9. The number of carbonyl (C=O) groups is 2. The van der Waals surface area contributed by atoms with Gasteiger partial charge in [0.1, 0.15) is 18.4 Å². The van der Waals surface area contributed by atoms with Crippen molar-refractivity contribution < 1.29 is 19.1 Å². The highest BCUT2D eigenvalue weighted by Gasteiger charge is 2.38. The molecule has 1 aromatic heterocycles. The van der Waals surface area contributed by atoms with Gasteiger partial charge in [-0.05, 0) is 51.5 Å². The van der Waals surface area contributed by atoms with E-state index in [1.807, 2.05) is 62.4 Å². The van der Waals surface area contributed by atoms with Gasteiger partial charge in [-0.2, -0.15) is 0 Å². The molecule has 2 aromatic carbocycles. The van der Waals surface area contributed by atoms with Crippen LogP contribution in [0.1, 0.15) is 29.3 Å². The van der Waals surface area contributed by atoms with Crippen LogP contribution >= 0.6 is 11.3 Å². The molecule has 2 unspecified atom stereocenters. The average molecular weight is 437 g/mol. The third-order valence-electron chi connectivity index (χ3n) is 5.24. The van der Waals surface area contributed by atoms with E-state index in [4.69, 9.17) is 9.47 Å². The van der Waals surface area contributed by atoms with Crippen molar-refractivity contribution in [2.24, 2.45) is 0 Å². The van der Waals surface area contributed by atoms with Crippen molar-refractivity contribution in [3.8, 4) is 17.0 Å². The van der Waals surface area contributed by atoms with Crippen LogP contribution in [-0.4, -0.2) is 29.0 Å². The van der Waals surface area contributed by atoms with Crippen LogP contribution in [0.4, 0.5) is 5.69 Å². The zero-order chi connectivity index (χ0) is 22.1. The van der Waals surface area contributed by atoms with Crippen molar-refractivity contribution >= 4 is 28.9 Å². The first kappa shape index (κ1) is 21.1. The molecule has 1 amide bonds. The van der Waals surface area contributed by atoms with E-state index in [9.17, 15) is 9.59 Å². The second-order valence-corrected chi connectivity index (χ2v) is 8.97. The standard InChI is InChI=1S/C24H24N2O4S/c1-14(24(28)29-13-18-8-6-5-7-9-18)26-20-12-19(22-16(3)31-17(4)25-22)10-11-21(20)30-15(2)23(26)27/h5-12,14-15H,13H2,1-4H3. The monoisotopic (exact) mass is 436 g/mol. The van der Waals surface area contributed by atoms with Crippen molar-refractivity contribution in [3.63, 3.8) is 0 Å². The van der Waals surface area contributed by atoms with Crippen LogP contribution in [0.2, 0.25) is 0 Å². The smallest absolute Gasteiger partial charge is 0.329 e. The maximum absolute atomic E-state index is 13.0. The van der Waals surface area contributed by atoms with E-state index in [0.29, 0.717) is 11.4 Å². The van der Waals surface area contributed by atoms with Crippen molar-refractivity contribution in [1.82, 2.24) is 4.98 Å². The average Bonchev–Trinajstić information content (AvgIpc) is 3.11. The zero-order valence-corrected chi connectivity index (χ0v) is 18.7. The number of amides is 1. The highest BCUT2D eigenvalue weighted by Crippen LogP contribution is 2.39. The van der Waals surface area contributed by atoms with E-state index in [0.717, 1.165) is 26.7 Å². The predicted octanol–water partition coefficient (Wildman–Crippen LogP) is 4.67. The number of rotatable bonds is 5. The van der Waals surface area contributed by atoms with Gasteiger partial charge >= 0.3 is 5.97 Å². The van der Waals surface area contributed by atoms with Gasteiger partial charge in [0.15, 0.2) is 6.10 Å². The highest BCUT2D eigenvalue weighted by molar-refractivity contribution is 7.11. The molecule has 0 saturated carbocycles. The lowest BCUT2D eigenvalue weighted by molar-refractivity contribution is -0.147. The number of hydrogen-bond donors (Lipinski definition) is 0. The number of aromatic nitrogens is 1. The second-order valence-electron chi connectivity index (χ2n) is 7.56. The summed E-state index contributed by atoms with van der Waals surface area (Å²) in [6, 6.07) is 14.3. The van der Waals surface area contributed by atoms with Crippen molar-refractivity contribution in [2.75, 3.05) is 4.90 Å². The number of fused-ring (bicyclic) bond motifs is 1. The first-order chi connectivity index (χ1) is 14.8.